The van der Waals surface area contributed by atoms with Crippen LogP contribution in [0.2, 0.25) is 0 Å². The Kier molecular flexibility index (Phi) is 7.34. The normalized spacial score (nSPS) is 25.1. The van der Waals surface area contributed by atoms with E-state index < -0.39 is 37.3 Å². The molecule has 184 valence electrons. The van der Waals surface area contributed by atoms with E-state index in [0.29, 0.717) is 17.5 Å². The molecule has 1 aromatic carbocycles. The van der Waals surface area contributed by atoms with Crippen LogP contribution in [0.25, 0.3) is 11.0 Å². The summed E-state index contributed by atoms with van der Waals surface area (Å²) in [6, 6.07) is 9.75. The Labute approximate surface area is 197 Å². The predicted octanol–water partition coefficient (Wildman–Crippen LogP) is 0.985. The molecule has 0 saturated carbocycles. The van der Waals surface area contributed by atoms with Gasteiger partial charge in [-0.15, -0.1) is 5.10 Å². The fourth-order valence-electron chi connectivity index (χ4n) is 4.09. The number of pyridine rings is 1. The summed E-state index contributed by atoms with van der Waals surface area (Å²) >= 11 is 0. The molecule has 0 aliphatic carbocycles. The molecular formula is C24H31N3O7. The molecule has 10 nitrogen and oxygen atoms in total. The van der Waals surface area contributed by atoms with Crippen LogP contribution in [0.1, 0.15) is 31.0 Å². The van der Waals surface area contributed by atoms with Crippen molar-refractivity contribution in [2.75, 3.05) is 13.7 Å². The van der Waals surface area contributed by atoms with Crippen LogP contribution >= 0.6 is 0 Å². The van der Waals surface area contributed by atoms with E-state index in [1.54, 1.807) is 18.0 Å². The number of aliphatic hydroxyl groups is 4. The van der Waals surface area contributed by atoms with E-state index in [0.717, 1.165) is 23.3 Å². The summed E-state index contributed by atoms with van der Waals surface area (Å²) in [5.74, 6) is 0.995. The highest BCUT2D eigenvalue weighted by Gasteiger charge is 2.45. The summed E-state index contributed by atoms with van der Waals surface area (Å²) in [6.45, 7) is 3.40. The maximum absolute atomic E-state index is 10.4. The second kappa shape index (κ2) is 10.2. The first-order valence-electron chi connectivity index (χ1n) is 11.3. The summed E-state index contributed by atoms with van der Waals surface area (Å²) in [4.78, 5) is 4.50. The number of aliphatic hydroxyl groups excluding tert-OH is 4. The van der Waals surface area contributed by atoms with Gasteiger partial charge < -0.3 is 34.6 Å². The van der Waals surface area contributed by atoms with Crippen LogP contribution in [0.15, 0.2) is 36.5 Å². The first-order valence-corrected chi connectivity index (χ1v) is 11.3. The van der Waals surface area contributed by atoms with E-state index in [1.807, 2.05) is 44.2 Å². The van der Waals surface area contributed by atoms with Crippen molar-refractivity contribution in [3.05, 3.63) is 47.7 Å². The minimum atomic E-state index is -1.54. The molecule has 1 saturated heterocycles. The molecule has 0 unspecified atom stereocenters. The van der Waals surface area contributed by atoms with Gasteiger partial charge >= 0.3 is 0 Å². The van der Waals surface area contributed by atoms with Crippen LogP contribution in [0, 0.1) is 0 Å². The Bertz CT molecular complexity index is 1100. The number of methoxy groups -OCH3 is 1. The molecule has 1 aliphatic heterocycles. The van der Waals surface area contributed by atoms with Gasteiger partial charge in [-0.05, 0) is 56.0 Å². The molecule has 4 rings (SSSR count). The number of hydrogen-bond acceptors (Lipinski definition) is 9. The molecule has 0 bridgehead atoms. The minimum Gasteiger partial charge on any atom is -0.497 e. The molecule has 34 heavy (non-hydrogen) atoms. The van der Waals surface area contributed by atoms with Crippen molar-refractivity contribution in [1.82, 2.24) is 14.8 Å². The fourth-order valence-corrected chi connectivity index (χ4v) is 4.09. The molecule has 2 aromatic heterocycles. The van der Waals surface area contributed by atoms with Crippen LogP contribution in [0.5, 0.6) is 11.6 Å². The Morgan fingerprint density at radius 1 is 1.03 bits per heavy atom. The Hall–Kier alpha value is -2.76. The average molecular weight is 474 g/mol. The van der Waals surface area contributed by atoms with Crippen molar-refractivity contribution in [3.8, 4) is 11.6 Å². The second-order valence-corrected chi connectivity index (χ2v) is 8.68. The summed E-state index contributed by atoms with van der Waals surface area (Å²) in [5, 5.41) is 45.4. The monoisotopic (exact) mass is 473 g/mol. The highest BCUT2D eigenvalue weighted by atomic mass is 16.7. The van der Waals surface area contributed by atoms with Crippen LogP contribution in [0.3, 0.4) is 0 Å². The number of benzene rings is 1. The summed E-state index contributed by atoms with van der Waals surface area (Å²) in [6.07, 6.45) is -3.78. The molecule has 3 heterocycles. The Morgan fingerprint density at radius 3 is 2.41 bits per heavy atom. The van der Waals surface area contributed by atoms with Gasteiger partial charge in [0.25, 0.3) is 0 Å². The van der Waals surface area contributed by atoms with Crippen molar-refractivity contribution in [1.29, 1.82) is 0 Å². The van der Waals surface area contributed by atoms with Crippen LogP contribution in [0.4, 0.5) is 0 Å². The third-order valence-corrected chi connectivity index (χ3v) is 6.05. The van der Waals surface area contributed by atoms with Crippen LogP contribution in [-0.2, 0) is 17.6 Å². The topological polar surface area (TPSA) is 139 Å². The van der Waals surface area contributed by atoms with Crippen LogP contribution in [-0.4, -0.2) is 79.6 Å². The molecule has 1 fully saturated rings. The summed E-state index contributed by atoms with van der Waals surface area (Å²) in [7, 11) is 1.63. The number of aromatic nitrogens is 3. The molecule has 0 amide bonds. The van der Waals surface area contributed by atoms with E-state index in [9.17, 15) is 20.4 Å². The zero-order chi connectivity index (χ0) is 24.4. The number of rotatable bonds is 8. The first kappa shape index (κ1) is 24.4. The predicted molar refractivity (Wildman–Crippen MR) is 123 cm³/mol. The Balaban J connectivity index is 1.65. The lowest BCUT2D eigenvalue weighted by Crippen LogP contribution is -2.60. The van der Waals surface area contributed by atoms with Gasteiger partial charge in [-0.3, -0.25) is 0 Å². The SMILES string of the molecule is COc1ccc(CCc2ccnc3c2c(O[C@@H]2O[C@H](CO)[C@@H](O)[C@H](O)[C@H]2O)nn3C(C)C)cc1. The lowest BCUT2D eigenvalue weighted by Gasteiger charge is -2.39. The van der Waals surface area contributed by atoms with E-state index in [-0.39, 0.29) is 11.9 Å². The highest BCUT2D eigenvalue weighted by Crippen LogP contribution is 2.33. The van der Waals surface area contributed by atoms with E-state index in [2.05, 4.69) is 10.1 Å². The maximum atomic E-state index is 10.4. The number of ether oxygens (including phenoxy) is 3. The third-order valence-electron chi connectivity index (χ3n) is 6.05. The lowest BCUT2D eigenvalue weighted by atomic mass is 9.99. The molecule has 1 aliphatic rings. The second-order valence-electron chi connectivity index (χ2n) is 8.68. The molecular weight excluding hydrogens is 442 g/mol. The van der Waals surface area contributed by atoms with Crippen molar-refractivity contribution in [3.63, 3.8) is 0 Å². The number of fused-ring (bicyclic) bond motifs is 1. The number of nitrogens with zero attached hydrogens (tertiary/aromatic N) is 3. The maximum Gasteiger partial charge on any atom is 0.245 e. The smallest absolute Gasteiger partial charge is 0.245 e. The van der Waals surface area contributed by atoms with E-state index in [4.69, 9.17) is 14.2 Å². The van der Waals surface area contributed by atoms with Gasteiger partial charge in [0, 0.05) is 12.2 Å². The molecule has 0 spiro atoms. The van der Waals surface area contributed by atoms with Crippen molar-refractivity contribution >= 4 is 11.0 Å². The standard InChI is InChI=1S/C24H31N3O7/c1-13(2)27-22-18(15(10-11-25-22)7-4-14-5-8-16(32-3)9-6-14)23(26-27)34-24-21(31)20(30)19(29)17(12-28)33-24/h5-6,8-11,13,17,19-21,24,28-31H,4,7,12H2,1-3H3/t17-,19-,20+,21-,24+/m1/s1. The van der Waals surface area contributed by atoms with E-state index in [1.165, 1.54) is 0 Å². The van der Waals surface area contributed by atoms with Gasteiger partial charge in [-0.1, -0.05) is 12.1 Å². The van der Waals surface area contributed by atoms with Gasteiger partial charge in [0.1, 0.15) is 30.2 Å². The number of aryl methyl sites for hydroxylation is 2. The van der Waals surface area contributed by atoms with Gasteiger partial charge in [-0.25, -0.2) is 9.67 Å². The highest BCUT2D eigenvalue weighted by molar-refractivity contribution is 5.85. The largest absolute Gasteiger partial charge is 0.497 e. The minimum absolute atomic E-state index is 0.0148. The molecule has 0 radical (unpaired) electrons. The van der Waals surface area contributed by atoms with E-state index >= 15 is 0 Å². The van der Waals surface area contributed by atoms with Crippen LogP contribution < -0.4 is 9.47 Å². The molecule has 4 N–H and O–H groups in total. The fraction of sp³-hybridized carbons (Fsp3) is 0.500. The quantitative estimate of drug-likeness (QED) is 0.377. The molecule has 3 aromatic rings. The van der Waals surface area contributed by atoms with Gasteiger partial charge in [0.05, 0.1) is 19.1 Å². The van der Waals surface area contributed by atoms with Crippen molar-refractivity contribution < 1.29 is 34.6 Å². The first-order chi connectivity index (χ1) is 16.3. The average Bonchev–Trinajstić information content (AvgIpc) is 3.22. The molecule has 5 atom stereocenters. The third kappa shape index (κ3) is 4.73. The molecule has 10 heteroatoms. The summed E-state index contributed by atoms with van der Waals surface area (Å²) in [5.41, 5.74) is 2.72. The van der Waals surface area contributed by atoms with Crippen molar-refractivity contribution in [2.45, 2.75) is 63.4 Å². The van der Waals surface area contributed by atoms with Gasteiger partial charge in [-0.2, -0.15) is 0 Å². The van der Waals surface area contributed by atoms with Gasteiger partial charge in [0.2, 0.25) is 12.2 Å². The van der Waals surface area contributed by atoms with Crippen molar-refractivity contribution in [2.24, 2.45) is 0 Å². The number of hydrogen-bond donors (Lipinski definition) is 4. The van der Waals surface area contributed by atoms with Gasteiger partial charge in [0.15, 0.2) is 5.65 Å². The lowest BCUT2D eigenvalue weighted by molar-refractivity contribution is -0.278. The zero-order valence-corrected chi connectivity index (χ0v) is 19.4. The Morgan fingerprint density at radius 2 is 1.76 bits per heavy atom. The summed E-state index contributed by atoms with van der Waals surface area (Å²) < 4.78 is 18.4. The zero-order valence-electron chi connectivity index (χ0n) is 19.4.